The Labute approximate surface area is 146 Å². The Morgan fingerprint density at radius 2 is 0.917 bits per heavy atom. The van der Waals surface area contributed by atoms with Gasteiger partial charge in [-0.15, -0.1) is 0 Å². The van der Waals surface area contributed by atoms with E-state index in [2.05, 4.69) is 13.8 Å². The average Bonchev–Trinajstić information content (AvgIpc) is 2.54. The number of aliphatic carboxylic acids is 2. The molecule has 0 rings (SSSR count). The zero-order chi connectivity index (χ0) is 19.1. The van der Waals surface area contributed by atoms with E-state index in [1.54, 1.807) is 0 Å². The van der Waals surface area contributed by atoms with E-state index in [0.717, 1.165) is 51.4 Å². The molecule has 0 fully saturated rings. The molecule has 0 aromatic heterocycles. The Hall–Kier alpha value is -1.14. The summed E-state index contributed by atoms with van der Waals surface area (Å²) in [6.07, 6.45) is 10.5. The van der Waals surface area contributed by atoms with Crippen molar-refractivity contribution in [2.24, 2.45) is 0 Å². The second-order valence-corrected chi connectivity index (χ2v) is 5.56. The molecule has 0 heterocycles. The Morgan fingerprint density at radius 1 is 0.583 bits per heavy atom. The summed E-state index contributed by atoms with van der Waals surface area (Å²) in [5, 5.41) is 32.6. The normalized spacial score (nSPS) is 9.33. The molecule has 0 atom stereocenters. The summed E-state index contributed by atoms with van der Waals surface area (Å²) < 4.78 is 0. The standard InChI is InChI=1S/2C7H14O2.C4H10O2/c2*1-2-3-4-5-6-7(8)9;5-3-1-2-4-6/h2*2-6H2,1H3,(H,8,9);5-6H,1-4H2. The highest BCUT2D eigenvalue weighted by Gasteiger charge is 1.94. The van der Waals surface area contributed by atoms with Gasteiger partial charge in [-0.1, -0.05) is 52.4 Å². The van der Waals surface area contributed by atoms with Crippen molar-refractivity contribution in [2.75, 3.05) is 13.2 Å². The summed E-state index contributed by atoms with van der Waals surface area (Å²) in [6, 6.07) is 0. The second-order valence-electron chi connectivity index (χ2n) is 5.56. The summed E-state index contributed by atoms with van der Waals surface area (Å²) in [7, 11) is 0. The number of carbonyl (C=O) groups is 2. The third-order valence-electron chi connectivity index (χ3n) is 3.05. The van der Waals surface area contributed by atoms with E-state index in [1.807, 2.05) is 0 Å². The van der Waals surface area contributed by atoms with E-state index in [4.69, 9.17) is 20.4 Å². The third-order valence-corrected chi connectivity index (χ3v) is 3.05. The first-order chi connectivity index (χ1) is 11.5. The zero-order valence-electron chi connectivity index (χ0n) is 15.5. The van der Waals surface area contributed by atoms with Gasteiger partial charge in [-0.2, -0.15) is 0 Å². The number of rotatable bonds is 13. The zero-order valence-corrected chi connectivity index (χ0v) is 15.5. The molecule has 6 nitrogen and oxygen atoms in total. The van der Waals surface area contributed by atoms with Crippen LogP contribution >= 0.6 is 0 Å². The monoisotopic (exact) mass is 350 g/mol. The van der Waals surface area contributed by atoms with Gasteiger partial charge in [0.2, 0.25) is 0 Å². The van der Waals surface area contributed by atoms with Crippen LogP contribution in [0.2, 0.25) is 0 Å². The number of hydrogen-bond acceptors (Lipinski definition) is 4. The van der Waals surface area contributed by atoms with Crippen LogP contribution in [0.25, 0.3) is 0 Å². The van der Waals surface area contributed by atoms with Gasteiger partial charge in [0.15, 0.2) is 0 Å². The molecule has 0 aromatic rings. The molecule has 0 saturated heterocycles. The van der Waals surface area contributed by atoms with Gasteiger partial charge in [-0.3, -0.25) is 9.59 Å². The number of carboxylic acids is 2. The molecule has 0 aliphatic heterocycles. The average molecular weight is 350 g/mol. The summed E-state index contributed by atoms with van der Waals surface area (Å²) in [4.78, 5) is 19.9. The van der Waals surface area contributed by atoms with Crippen molar-refractivity contribution in [1.82, 2.24) is 0 Å². The lowest BCUT2D eigenvalue weighted by atomic mass is 10.2. The number of hydrogen-bond donors (Lipinski definition) is 4. The molecule has 4 N–H and O–H groups in total. The summed E-state index contributed by atoms with van der Waals surface area (Å²) in [6.45, 7) is 4.61. The van der Waals surface area contributed by atoms with Gasteiger partial charge in [0.1, 0.15) is 0 Å². The van der Waals surface area contributed by atoms with Crippen molar-refractivity contribution in [3.05, 3.63) is 0 Å². The van der Waals surface area contributed by atoms with E-state index in [9.17, 15) is 9.59 Å². The number of aliphatic hydroxyl groups is 2. The molecule has 0 aliphatic carbocycles. The van der Waals surface area contributed by atoms with Crippen LogP contribution in [-0.2, 0) is 9.59 Å². The van der Waals surface area contributed by atoms with E-state index in [0.29, 0.717) is 12.8 Å². The van der Waals surface area contributed by atoms with E-state index in [-0.39, 0.29) is 13.2 Å². The maximum atomic E-state index is 9.96. The van der Waals surface area contributed by atoms with Gasteiger partial charge in [-0.05, 0) is 25.7 Å². The van der Waals surface area contributed by atoms with Crippen LogP contribution in [-0.4, -0.2) is 45.6 Å². The fourth-order valence-corrected chi connectivity index (χ4v) is 1.63. The molecule has 24 heavy (non-hydrogen) atoms. The van der Waals surface area contributed by atoms with Gasteiger partial charge in [-0.25, -0.2) is 0 Å². The Morgan fingerprint density at radius 3 is 1.12 bits per heavy atom. The molecule has 0 saturated carbocycles. The predicted octanol–water partition coefficient (Wildman–Crippen LogP) is 3.83. The Balaban J connectivity index is -0.000000282. The molecule has 0 unspecified atom stereocenters. The fraction of sp³-hybridized carbons (Fsp3) is 0.889. The van der Waals surface area contributed by atoms with Gasteiger partial charge in [0, 0.05) is 26.1 Å². The van der Waals surface area contributed by atoms with E-state index in [1.165, 1.54) is 12.8 Å². The highest BCUT2D eigenvalue weighted by Crippen LogP contribution is 2.01. The van der Waals surface area contributed by atoms with Crippen molar-refractivity contribution >= 4 is 11.9 Å². The predicted molar refractivity (Wildman–Crippen MR) is 96.2 cm³/mol. The lowest BCUT2D eigenvalue weighted by Gasteiger charge is -1.92. The Bertz CT molecular complexity index is 230. The van der Waals surface area contributed by atoms with Crippen LogP contribution in [0.3, 0.4) is 0 Å². The molecule has 0 aliphatic rings. The van der Waals surface area contributed by atoms with Gasteiger partial charge >= 0.3 is 11.9 Å². The summed E-state index contributed by atoms with van der Waals surface area (Å²) in [5.41, 5.74) is 0. The minimum Gasteiger partial charge on any atom is -0.481 e. The van der Waals surface area contributed by atoms with Crippen LogP contribution < -0.4 is 0 Å². The minimum absolute atomic E-state index is 0.195. The first kappa shape index (κ1) is 27.7. The van der Waals surface area contributed by atoms with Crippen molar-refractivity contribution in [2.45, 2.75) is 90.9 Å². The molecule has 0 bridgehead atoms. The number of carboxylic acid groups (broad SMARTS) is 2. The van der Waals surface area contributed by atoms with Crippen LogP contribution in [0, 0.1) is 0 Å². The largest absolute Gasteiger partial charge is 0.481 e. The van der Waals surface area contributed by atoms with Crippen LogP contribution in [0.5, 0.6) is 0 Å². The molecular formula is C18H38O6. The SMILES string of the molecule is CCCCCCC(=O)O.CCCCCCC(=O)O.OCCCCO. The van der Waals surface area contributed by atoms with Crippen LogP contribution in [0.1, 0.15) is 90.9 Å². The van der Waals surface area contributed by atoms with Crippen LogP contribution in [0.15, 0.2) is 0 Å². The molecule has 6 heteroatoms. The highest BCUT2D eigenvalue weighted by atomic mass is 16.4. The summed E-state index contributed by atoms with van der Waals surface area (Å²) in [5.74, 6) is -1.35. The topological polar surface area (TPSA) is 115 Å². The number of unbranched alkanes of at least 4 members (excludes halogenated alkanes) is 7. The maximum Gasteiger partial charge on any atom is 0.303 e. The lowest BCUT2D eigenvalue weighted by Crippen LogP contribution is -1.92. The fourth-order valence-electron chi connectivity index (χ4n) is 1.63. The minimum atomic E-state index is -0.675. The Kier molecular flexibility index (Phi) is 30.9. The summed E-state index contributed by atoms with van der Waals surface area (Å²) >= 11 is 0. The first-order valence-corrected chi connectivity index (χ1v) is 9.11. The lowest BCUT2D eigenvalue weighted by molar-refractivity contribution is -0.138. The molecule has 0 spiro atoms. The van der Waals surface area contributed by atoms with E-state index < -0.39 is 11.9 Å². The van der Waals surface area contributed by atoms with Gasteiger partial charge < -0.3 is 20.4 Å². The van der Waals surface area contributed by atoms with Gasteiger partial charge in [0.05, 0.1) is 0 Å². The van der Waals surface area contributed by atoms with Crippen molar-refractivity contribution in [3.63, 3.8) is 0 Å². The molecular weight excluding hydrogens is 312 g/mol. The van der Waals surface area contributed by atoms with Crippen molar-refractivity contribution in [1.29, 1.82) is 0 Å². The molecule has 0 amide bonds. The number of aliphatic hydroxyl groups excluding tert-OH is 2. The highest BCUT2D eigenvalue weighted by molar-refractivity contribution is 5.66. The molecule has 0 radical (unpaired) electrons. The van der Waals surface area contributed by atoms with Gasteiger partial charge in [0.25, 0.3) is 0 Å². The first-order valence-electron chi connectivity index (χ1n) is 9.11. The smallest absolute Gasteiger partial charge is 0.303 e. The quantitative estimate of drug-likeness (QED) is 0.375. The van der Waals surface area contributed by atoms with E-state index >= 15 is 0 Å². The second kappa shape index (κ2) is 26.7. The third kappa shape index (κ3) is 42.8. The van der Waals surface area contributed by atoms with Crippen molar-refractivity contribution in [3.8, 4) is 0 Å². The molecule has 0 aromatic carbocycles. The molecule has 146 valence electrons. The van der Waals surface area contributed by atoms with Crippen molar-refractivity contribution < 1.29 is 30.0 Å². The van der Waals surface area contributed by atoms with Crippen LogP contribution in [0.4, 0.5) is 0 Å². The maximum absolute atomic E-state index is 9.96.